The van der Waals surface area contributed by atoms with E-state index in [4.69, 9.17) is 0 Å². The molecule has 0 aromatic heterocycles. The van der Waals surface area contributed by atoms with Crippen molar-refractivity contribution >= 4 is 44.2 Å². The average Bonchev–Trinajstić information content (AvgIpc) is 2.69. The molecule has 18 heavy (non-hydrogen) atoms. The number of carbonyl (C=O) groups is 2. The van der Waals surface area contributed by atoms with Crippen LogP contribution < -0.4 is 4.90 Å². The zero-order chi connectivity index (χ0) is 12.7. The molecule has 0 N–H and O–H groups in total. The first-order valence-electron chi connectivity index (χ1n) is 5.40. The van der Waals surface area contributed by atoms with Crippen molar-refractivity contribution in [1.82, 2.24) is 0 Å². The van der Waals surface area contributed by atoms with Gasteiger partial charge in [0.1, 0.15) is 0 Å². The highest BCUT2D eigenvalue weighted by atomic mass is 79.9. The summed E-state index contributed by atoms with van der Waals surface area (Å²) in [5, 5.41) is 2.04. The van der Waals surface area contributed by atoms with E-state index < -0.39 is 0 Å². The summed E-state index contributed by atoms with van der Waals surface area (Å²) in [6, 6.07) is 11.4. The number of imide groups is 1. The lowest BCUT2D eigenvalue weighted by Gasteiger charge is -2.14. The molecule has 1 aliphatic rings. The second-order valence-corrected chi connectivity index (χ2v) is 4.94. The molecule has 2 aromatic rings. The van der Waals surface area contributed by atoms with Crippen molar-refractivity contribution in [3.8, 4) is 0 Å². The summed E-state index contributed by atoms with van der Waals surface area (Å²) in [6.45, 7) is 0. The van der Waals surface area contributed by atoms with Gasteiger partial charge in [0.25, 0.3) is 11.8 Å². The third kappa shape index (κ3) is 1.75. The van der Waals surface area contributed by atoms with Gasteiger partial charge in [0.15, 0.2) is 0 Å². The lowest BCUT2D eigenvalue weighted by Crippen LogP contribution is -2.29. The van der Waals surface area contributed by atoms with Gasteiger partial charge in [-0.1, -0.05) is 28.1 Å². The quantitative estimate of drug-likeness (QED) is 0.759. The van der Waals surface area contributed by atoms with E-state index in [0.29, 0.717) is 5.69 Å². The molecule has 0 aliphatic carbocycles. The topological polar surface area (TPSA) is 37.4 Å². The van der Waals surface area contributed by atoms with Gasteiger partial charge in [-0.15, -0.1) is 0 Å². The van der Waals surface area contributed by atoms with Crippen LogP contribution in [-0.2, 0) is 9.59 Å². The van der Waals surface area contributed by atoms with Crippen LogP contribution in [0.4, 0.5) is 5.69 Å². The van der Waals surface area contributed by atoms with E-state index in [9.17, 15) is 9.59 Å². The van der Waals surface area contributed by atoms with Crippen LogP contribution in [0.1, 0.15) is 0 Å². The third-order valence-corrected chi connectivity index (χ3v) is 3.35. The molecule has 0 unspecified atom stereocenters. The predicted octanol–water partition coefficient (Wildman–Crippen LogP) is 3.03. The van der Waals surface area contributed by atoms with E-state index in [2.05, 4.69) is 15.9 Å². The Morgan fingerprint density at radius 2 is 1.44 bits per heavy atom. The molecule has 0 atom stereocenters. The average molecular weight is 302 g/mol. The lowest BCUT2D eigenvalue weighted by atomic mass is 10.1. The van der Waals surface area contributed by atoms with Crippen molar-refractivity contribution in [2.45, 2.75) is 0 Å². The van der Waals surface area contributed by atoms with E-state index in [1.54, 1.807) is 6.07 Å². The Labute approximate surface area is 112 Å². The summed E-state index contributed by atoms with van der Waals surface area (Å²) in [6.07, 6.45) is 2.57. The van der Waals surface area contributed by atoms with Crippen LogP contribution in [0, 0.1) is 0 Å². The van der Waals surface area contributed by atoms with Gasteiger partial charge in [0, 0.05) is 16.6 Å². The molecule has 0 bridgehead atoms. The summed E-state index contributed by atoms with van der Waals surface area (Å²) >= 11 is 3.41. The Morgan fingerprint density at radius 1 is 0.833 bits per heavy atom. The first kappa shape index (κ1) is 11.2. The molecular weight excluding hydrogens is 294 g/mol. The van der Waals surface area contributed by atoms with Gasteiger partial charge in [-0.25, -0.2) is 4.90 Å². The summed E-state index contributed by atoms with van der Waals surface area (Å²) in [5.41, 5.74) is 0.602. The first-order chi connectivity index (χ1) is 8.65. The van der Waals surface area contributed by atoms with Gasteiger partial charge in [-0.2, -0.15) is 0 Å². The molecule has 4 heteroatoms. The van der Waals surface area contributed by atoms with Gasteiger partial charge in [-0.3, -0.25) is 9.59 Å². The van der Waals surface area contributed by atoms with E-state index in [0.717, 1.165) is 15.2 Å². The van der Waals surface area contributed by atoms with Crippen molar-refractivity contribution in [2.75, 3.05) is 4.90 Å². The van der Waals surface area contributed by atoms with Crippen LogP contribution >= 0.6 is 15.9 Å². The van der Waals surface area contributed by atoms with Crippen LogP contribution in [0.5, 0.6) is 0 Å². The first-order valence-corrected chi connectivity index (χ1v) is 6.20. The predicted molar refractivity (Wildman–Crippen MR) is 73.3 cm³/mol. The van der Waals surface area contributed by atoms with Crippen LogP contribution in [-0.4, -0.2) is 11.8 Å². The maximum absolute atomic E-state index is 11.6. The van der Waals surface area contributed by atoms with Crippen molar-refractivity contribution in [2.24, 2.45) is 0 Å². The van der Waals surface area contributed by atoms with Crippen molar-refractivity contribution < 1.29 is 9.59 Å². The highest BCUT2D eigenvalue weighted by molar-refractivity contribution is 9.10. The monoisotopic (exact) mass is 301 g/mol. The molecule has 0 fully saturated rings. The zero-order valence-corrected chi connectivity index (χ0v) is 10.8. The second kappa shape index (κ2) is 4.07. The molecule has 0 radical (unpaired) electrons. The largest absolute Gasteiger partial charge is 0.269 e. The Hall–Kier alpha value is -1.94. The number of amides is 2. The minimum absolute atomic E-state index is 0.295. The number of hydrogen-bond acceptors (Lipinski definition) is 2. The van der Waals surface area contributed by atoms with Gasteiger partial charge < -0.3 is 0 Å². The molecule has 2 amide bonds. The maximum atomic E-state index is 11.6. The molecule has 1 aliphatic heterocycles. The molecule has 0 spiro atoms. The molecule has 0 saturated heterocycles. The molecule has 0 saturated carbocycles. The fraction of sp³-hybridized carbons (Fsp3) is 0. The smallest absolute Gasteiger partial charge is 0.258 e. The lowest BCUT2D eigenvalue weighted by molar-refractivity contribution is -0.119. The van der Waals surface area contributed by atoms with Crippen molar-refractivity contribution in [3.63, 3.8) is 0 Å². The fourth-order valence-electron chi connectivity index (χ4n) is 2.00. The third-order valence-electron chi connectivity index (χ3n) is 2.85. The number of rotatable bonds is 1. The highest BCUT2D eigenvalue weighted by Gasteiger charge is 2.24. The summed E-state index contributed by atoms with van der Waals surface area (Å²) in [5.74, 6) is -0.590. The van der Waals surface area contributed by atoms with Crippen LogP contribution in [0.3, 0.4) is 0 Å². The van der Waals surface area contributed by atoms with Gasteiger partial charge in [0.05, 0.1) is 5.69 Å². The van der Waals surface area contributed by atoms with Crippen molar-refractivity contribution in [1.29, 1.82) is 0 Å². The minimum Gasteiger partial charge on any atom is -0.269 e. The maximum Gasteiger partial charge on any atom is 0.258 e. The van der Waals surface area contributed by atoms with E-state index >= 15 is 0 Å². The summed E-state index contributed by atoms with van der Waals surface area (Å²) in [7, 11) is 0. The van der Waals surface area contributed by atoms with Gasteiger partial charge >= 0.3 is 0 Å². The standard InChI is InChI=1S/C14H8BrNO2/c15-11-3-1-10-8-12(4-2-9(10)7-11)16-13(17)5-6-14(16)18/h1-8H. The fourth-order valence-corrected chi connectivity index (χ4v) is 2.38. The number of nitrogens with zero attached hydrogens (tertiary/aromatic N) is 1. The molecular formula is C14H8BrNO2. The normalized spacial score (nSPS) is 14.8. The van der Waals surface area contributed by atoms with E-state index in [-0.39, 0.29) is 11.8 Å². The molecule has 88 valence electrons. The van der Waals surface area contributed by atoms with Gasteiger partial charge in [-0.05, 0) is 35.0 Å². The molecule has 3 rings (SSSR count). The number of benzene rings is 2. The summed E-state index contributed by atoms with van der Waals surface area (Å²) < 4.78 is 0.998. The summed E-state index contributed by atoms with van der Waals surface area (Å²) in [4.78, 5) is 24.3. The Kier molecular flexibility index (Phi) is 2.52. The van der Waals surface area contributed by atoms with E-state index in [1.807, 2.05) is 30.3 Å². The second-order valence-electron chi connectivity index (χ2n) is 4.02. The number of hydrogen-bond donors (Lipinski definition) is 0. The van der Waals surface area contributed by atoms with Crippen LogP contribution in [0.25, 0.3) is 10.8 Å². The Balaban J connectivity index is 2.11. The molecule has 3 nitrogen and oxygen atoms in total. The van der Waals surface area contributed by atoms with Gasteiger partial charge in [0.2, 0.25) is 0 Å². The number of fused-ring (bicyclic) bond motifs is 1. The number of carbonyl (C=O) groups excluding carboxylic acids is 2. The highest BCUT2D eigenvalue weighted by Crippen LogP contribution is 2.26. The van der Waals surface area contributed by atoms with Crippen LogP contribution in [0.15, 0.2) is 53.0 Å². The number of halogens is 1. The van der Waals surface area contributed by atoms with E-state index in [1.165, 1.54) is 17.1 Å². The number of anilines is 1. The zero-order valence-electron chi connectivity index (χ0n) is 9.26. The van der Waals surface area contributed by atoms with Crippen molar-refractivity contribution in [3.05, 3.63) is 53.0 Å². The molecule has 1 heterocycles. The molecule has 2 aromatic carbocycles. The minimum atomic E-state index is -0.295. The SMILES string of the molecule is O=C1C=CC(=O)N1c1ccc2cc(Br)ccc2c1. The van der Waals surface area contributed by atoms with Crippen LogP contribution in [0.2, 0.25) is 0 Å². The Morgan fingerprint density at radius 3 is 2.17 bits per heavy atom. The Bertz CT molecular complexity index is 688.